The van der Waals surface area contributed by atoms with Crippen LogP contribution in [0.15, 0.2) is 36.5 Å². The van der Waals surface area contributed by atoms with Gasteiger partial charge in [-0.05, 0) is 43.2 Å². The van der Waals surface area contributed by atoms with Crippen molar-refractivity contribution in [3.05, 3.63) is 47.9 Å². The average Bonchev–Trinajstić information content (AvgIpc) is 3.23. The molecule has 9 heteroatoms. The van der Waals surface area contributed by atoms with E-state index in [0.717, 1.165) is 43.0 Å². The third-order valence-electron chi connectivity index (χ3n) is 5.21. The van der Waals surface area contributed by atoms with Crippen LogP contribution < -0.4 is 5.32 Å². The molecule has 1 amide bonds. The molecule has 0 radical (unpaired) electrons. The number of nitrogens with one attached hydrogen (secondary N) is 1. The van der Waals surface area contributed by atoms with E-state index in [1.807, 2.05) is 24.3 Å². The van der Waals surface area contributed by atoms with Gasteiger partial charge < -0.3 is 9.88 Å². The monoisotopic (exact) mass is 388 g/mol. The van der Waals surface area contributed by atoms with Gasteiger partial charge in [0, 0.05) is 37.5 Å². The first-order valence-corrected chi connectivity index (χ1v) is 9.68. The minimum Gasteiger partial charge on any atom is -0.322 e. The van der Waals surface area contributed by atoms with Crippen LogP contribution in [0.3, 0.4) is 0 Å². The van der Waals surface area contributed by atoms with Gasteiger partial charge in [-0.3, -0.25) is 4.79 Å². The van der Waals surface area contributed by atoms with E-state index in [-0.39, 0.29) is 5.91 Å². The highest BCUT2D eigenvalue weighted by atomic mass is 16.1. The maximum atomic E-state index is 12.6. The van der Waals surface area contributed by atoms with E-state index in [4.69, 9.17) is 0 Å². The van der Waals surface area contributed by atoms with Crippen molar-refractivity contribution in [2.75, 3.05) is 5.32 Å². The molecule has 3 aromatic heterocycles. The fourth-order valence-corrected chi connectivity index (χ4v) is 3.66. The Hall–Kier alpha value is -3.62. The molecule has 0 aliphatic carbocycles. The Bertz CT molecular complexity index is 1190. The van der Waals surface area contributed by atoms with Crippen LogP contribution in [0.1, 0.15) is 35.4 Å². The number of rotatable bonds is 3. The molecule has 4 heterocycles. The number of anilines is 1. The number of hydrogen-bond acceptors (Lipinski definition) is 6. The van der Waals surface area contributed by atoms with Crippen LogP contribution in [-0.2, 0) is 20.0 Å². The molecule has 0 saturated heterocycles. The topological polar surface area (TPSA) is 103 Å². The minimum atomic E-state index is -0.242. The third-order valence-corrected chi connectivity index (χ3v) is 5.21. The van der Waals surface area contributed by atoms with Gasteiger partial charge in [-0.15, -0.1) is 15.3 Å². The van der Waals surface area contributed by atoms with E-state index in [9.17, 15) is 4.79 Å². The van der Waals surface area contributed by atoms with Crippen LogP contribution in [0.2, 0.25) is 0 Å². The number of carbonyl (C=O) groups is 1. The Morgan fingerprint density at radius 3 is 2.79 bits per heavy atom. The fraction of sp³-hybridized carbons (Fsp3) is 0.300. The number of hydrogen-bond donors (Lipinski definition) is 1. The lowest BCUT2D eigenvalue weighted by molar-refractivity contribution is 0.102. The van der Waals surface area contributed by atoms with E-state index in [1.165, 1.54) is 12.6 Å². The number of amides is 1. The molecule has 0 saturated carbocycles. The molecule has 29 heavy (non-hydrogen) atoms. The Balaban J connectivity index is 1.35. The summed E-state index contributed by atoms with van der Waals surface area (Å²) < 4.78 is 3.78. The lowest BCUT2D eigenvalue weighted by Crippen LogP contribution is -2.12. The van der Waals surface area contributed by atoms with Crippen molar-refractivity contribution in [1.29, 1.82) is 0 Å². The number of benzene rings is 1. The first-order chi connectivity index (χ1) is 14.2. The Morgan fingerprint density at radius 2 is 1.93 bits per heavy atom. The summed E-state index contributed by atoms with van der Waals surface area (Å²) in [6.07, 6.45) is 6.05. The van der Waals surface area contributed by atoms with E-state index in [2.05, 4.69) is 35.4 Å². The molecule has 0 spiro atoms. The lowest BCUT2D eigenvalue weighted by atomic mass is 10.2. The van der Waals surface area contributed by atoms with Crippen molar-refractivity contribution in [3.63, 3.8) is 0 Å². The van der Waals surface area contributed by atoms with Crippen LogP contribution >= 0.6 is 0 Å². The van der Waals surface area contributed by atoms with Gasteiger partial charge in [0.1, 0.15) is 11.3 Å². The number of carbonyl (C=O) groups excluding carboxylic acids is 1. The van der Waals surface area contributed by atoms with Gasteiger partial charge in [0.05, 0.1) is 5.56 Å². The summed E-state index contributed by atoms with van der Waals surface area (Å²) >= 11 is 0. The van der Waals surface area contributed by atoms with Crippen molar-refractivity contribution in [2.24, 2.45) is 7.05 Å². The van der Waals surface area contributed by atoms with E-state index in [1.54, 1.807) is 17.8 Å². The Morgan fingerprint density at radius 1 is 1.07 bits per heavy atom. The Labute approximate surface area is 166 Å². The summed E-state index contributed by atoms with van der Waals surface area (Å²) in [5.41, 5.74) is 3.35. The predicted octanol–water partition coefficient (Wildman–Crippen LogP) is 2.60. The first-order valence-electron chi connectivity index (χ1n) is 9.68. The lowest BCUT2D eigenvalue weighted by Gasteiger charge is -2.09. The normalized spacial score (nSPS) is 13.8. The highest BCUT2D eigenvalue weighted by molar-refractivity contribution is 6.05. The molecule has 9 nitrogen and oxygen atoms in total. The quantitative estimate of drug-likeness (QED) is 0.579. The molecule has 0 bridgehead atoms. The minimum absolute atomic E-state index is 0.242. The molecule has 1 aromatic carbocycles. The van der Waals surface area contributed by atoms with Crippen LogP contribution in [0.5, 0.6) is 0 Å². The van der Waals surface area contributed by atoms with Gasteiger partial charge in [-0.2, -0.15) is 0 Å². The van der Waals surface area contributed by atoms with Crippen molar-refractivity contribution in [1.82, 2.24) is 34.7 Å². The first kappa shape index (κ1) is 17.5. The van der Waals surface area contributed by atoms with Crippen LogP contribution in [0, 0.1) is 0 Å². The largest absolute Gasteiger partial charge is 0.322 e. The van der Waals surface area contributed by atoms with Crippen LogP contribution in [-0.4, -0.2) is 40.6 Å². The van der Waals surface area contributed by atoms with Crippen LogP contribution in [0.4, 0.5) is 5.69 Å². The zero-order valence-corrected chi connectivity index (χ0v) is 16.0. The summed E-state index contributed by atoms with van der Waals surface area (Å²) in [6.45, 7) is 0.952. The molecule has 5 rings (SSSR count). The summed E-state index contributed by atoms with van der Waals surface area (Å²) in [6, 6.07) is 9.36. The van der Waals surface area contributed by atoms with Crippen LogP contribution in [0.25, 0.3) is 22.6 Å². The zero-order valence-electron chi connectivity index (χ0n) is 16.0. The molecule has 146 valence electrons. The second-order valence-corrected chi connectivity index (χ2v) is 7.21. The SMILES string of the molecule is Cn1nnc2cc(C(=O)Nc3ccc(-c4nnc5n4CCCCC5)cc3)cnc21. The van der Waals surface area contributed by atoms with Crippen molar-refractivity contribution in [2.45, 2.75) is 32.2 Å². The number of aromatic nitrogens is 7. The summed E-state index contributed by atoms with van der Waals surface area (Å²) in [7, 11) is 1.76. The van der Waals surface area contributed by atoms with Gasteiger partial charge in [0.15, 0.2) is 11.5 Å². The number of fused-ring (bicyclic) bond motifs is 2. The molecule has 4 aromatic rings. The molecule has 1 N–H and O–H groups in total. The summed E-state index contributed by atoms with van der Waals surface area (Å²) in [5, 5.41) is 19.5. The molecule has 1 aliphatic rings. The van der Waals surface area contributed by atoms with E-state index >= 15 is 0 Å². The van der Waals surface area contributed by atoms with Gasteiger partial charge >= 0.3 is 0 Å². The van der Waals surface area contributed by atoms with Crippen molar-refractivity contribution >= 4 is 22.8 Å². The molecule has 0 fully saturated rings. The highest BCUT2D eigenvalue weighted by Gasteiger charge is 2.16. The van der Waals surface area contributed by atoms with Gasteiger partial charge in [0.25, 0.3) is 5.91 Å². The zero-order chi connectivity index (χ0) is 19.8. The van der Waals surface area contributed by atoms with Gasteiger partial charge in [0.2, 0.25) is 0 Å². The maximum Gasteiger partial charge on any atom is 0.257 e. The van der Waals surface area contributed by atoms with E-state index < -0.39 is 0 Å². The molecular weight excluding hydrogens is 368 g/mol. The molecule has 0 unspecified atom stereocenters. The fourth-order valence-electron chi connectivity index (χ4n) is 3.66. The van der Waals surface area contributed by atoms with Gasteiger partial charge in [-0.1, -0.05) is 11.6 Å². The number of nitrogens with zero attached hydrogens (tertiary/aromatic N) is 7. The van der Waals surface area contributed by atoms with Crippen molar-refractivity contribution in [3.8, 4) is 11.4 Å². The molecular formula is C20H20N8O. The van der Waals surface area contributed by atoms with Gasteiger partial charge in [-0.25, -0.2) is 9.67 Å². The highest BCUT2D eigenvalue weighted by Crippen LogP contribution is 2.24. The predicted molar refractivity (Wildman–Crippen MR) is 107 cm³/mol. The number of pyridine rings is 1. The maximum absolute atomic E-state index is 12.6. The summed E-state index contributed by atoms with van der Waals surface area (Å²) in [4.78, 5) is 16.8. The molecule has 1 aliphatic heterocycles. The second kappa shape index (κ2) is 7.08. The smallest absolute Gasteiger partial charge is 0.257 e. The standard InChI is InChI=1S/C20H20N8O/c1-27-19-16(23-26-27)11-14(12-21-19)20(29)22-15-8-6-13(7-9-15)18-25-24-17-5-3-2-4-10-28(17)18/h6-9,11-12H,2-5,10H2,1H3,(H,22,29). The van der Waals surface area contributed by atoms with E-state index in [0.29, 0.717) is 22.4 Å². The Kier molecular flexibility index (Phi) is 4.27. The third kappa shape index (κ3) is 3.24. The van der Waals surface area contributed by atoms with Crippen molar-refractivity contribution < 1.29 is 4.79 Å². The molecule has 0 atom stereocenters. The summed E-state index contributed by atoms with van der Waals surface area (Å²) in [5.74, 6) is 1.70. The number of aryl methyl sites for hydroxylation is 2. The average molecular weight is 388 g/mol. The second-order valence-electron chi connectivity index (χ2n) is 7.21.